The zero-order chi connectivity index (χ0) is 20.6. The van der Waals surface area contributed by atoms with Gasteiger partial charge in [-0.15, -0.1) is 0 Å². The number of hydrogen-bond acceptors (Lipinski definition) is 5. The Kier molecular flexibility index (Phi) is 8.03. The molecule has 3 N–H and O–H groups in total. The molecule has 0 saturated carbocycles. The van der Waals surface area contributed by atoms with E-state index in [4.69, 9.17) is 9.47 Å². The Labute approximate surface area is 172 Å². The Bertz CT molecular complexity index is 662. The molecule has 2 fully saturated rings. The zero-order valence-electron chi connectivity index (χ0n) is 17.0. The summed E-state index contributed by atoms with van der Waals surface area (Å²) < 4.78 is 11.3. The van der Waals surface area contributed by atoms with Crippen LogP contribution >= 0.6 is 0 Å². The number of amides is 2. The quantitative estimate of drug-likeness (QED) is 0.643. The third-order valence-corrected chi connectivity index (χ3v) is 5.81. The summed E-state index contributed by atoms with van der Waals surface area (Å²) in [4.78, 5) is 24.9. The zero-order valence-corrected chi connectivity index (χ0v) is 17.0. The van der Waals surface area contributed by atoms with E-state index in [1.807, 2.05) is 37.3 Å². The van der Waals surface area contributed by atoms with E-state index < -0.39 is 6.10 Å². The van der Waals surface area contributed by atoms with Crippen molar-refractivity contribution in [2.24, 2.45) is 5.92 Å². The van der Waals surface area contributed by atoms with Gasteiger partial charge in [-0.1, -0.05) is 30.3 Å². The van der Waals surface area contributed by atoms with E-state index in [1.54, 1.807) is 0 Å². The predicted molar refractivity (Wildman–Crippen MR) is 108 cm³/mol. The smallest absolute Gasteiger partial charge is 0.223 e. The molecule has 7 heteroatoms. The van der Waals surface area contributed by atoms with Crippen LogP contribution in [0.1, 0.15) is 50.6 Å². The van der Waals surface area contributed by atoms with Gasteiger partial charge in [0.2, 0.25) is 11.8 Å². The van der Waals surface area contributed by atoms with Crippen LogP contribution in [0.2, 0.25) is 0 Å². The molecule has 2 amide bonds. The fourth-order valence-corrected chi connectivity index (χ4v) is 4.04. The number of benzene rings is 1. The van der Waals surface area contributed by atoms with Gasteiger partial charge in [-0.25, -0.2) is 0 Å². The second-order valence-corrected chi connectivity index (χ2v) is 7.96. The molecule has 3 rings (SSSR count). The highest BCUT2D eigenvalue weighted by atomic mass is 16.5. The number of carbonyl (C=O) groups excluding carboxylic acids is 2. The standard InChI is InChI=1S/C22H32N2O5/c1-15(16-5-3-2-4-6-16)23-21(26)13-18-7-8-19(20(14-25)29-18)24-22(27)17-9-11-28-12-10-17/h2-6,15,17-20,25H,7-14H2,1H3,(H,23,26)(H,24,27)/t15-,18-,19+,20+/m0/s1. The van der Waals surface area contributed by atoms with Crippen LogP contribution in [0.15, 0.2) is 30.3 Å². The van der Waals surface area contributed by atoms with E-state index in [1.165, 1.54) is 0 Å². The van der Waals surface area contributed by atoms with Gasteiger partial charge in [-0.2, -0.15) is 0 Å². The van der Waals surface area contributed by atoms with Gasteiger partial charge in [0.1, 0.15) is 6.10 Å². The first-order valence-electron chi connectivity index (χ1n) is 10.6. The molecule has 29 heavy (non-hydrogen) atoms. The number of aliphatic hydroxyl groups excluding tert-OH is 1. The van der Waals surface area contributed by atoms with Crippen LogP contribution in [0.5, 0.6) is 0 Å². The molecular formula is C22H32N2O5. The topological polar surface area (TPSA) is 96.9 Å². The molecule has 1 aromatic rings. The average Bonchev–Trinajstić information content (AvgIpc) is 2.75. The largest absolute Gasteiger partial charge is 0.394 e. The summed E-state index contributed by atoms with van der Waals surface area (Å²) in [6.07, 6.45) is 2.31. The summed E-state index contributed by atoms with van der Waals surface area (Å²) in [5.74, 6) is -0.105. The molecule has 0 aliphatic carbocycles. The highest BCUT2D eigenvalue weighted by molar-refractivity contribution is 5.79. The van der Waals surface area contributed by atoms with Crippen LogP contribution in [0.4, 0.5) is 0 Å². The Morgan fingerprint density at radius 2 is 1.86 bits per heavy atom. The molecule has 1 aromatic carbocycles. The molecule has 2 saturated heterocycles. The van der Waals surface area contributed by atoms with Crippen LogP contribution in [-0.4, -0.2) is 55.0 Å². The highest BCUT2D eigenvalue weighted by Gasteiger charge is 2.34. The van der Waals surface area contributed by atoms with Gasteiger partial charge in [0.15, 0.2) is 0 Å². The number of rotatable bonds is 7. The first kappa shape index (κ1) is 21.7. The first-order chi connectivity index (χ1) is 14.1. The minimum Gasteiger partial charge on any atom is -0.394 e. The van der Waals surface area contributed by atoms with E-state index >= 15 is 0 Å². The van der Waals surface area contributed by atoms with Gasteiger partial charge in [0, 0.05) is 19.1 Å². The van der Waals surface area contributed by atoms with Crippen molar-refractivity contribution in [1.29, 1.82) is 0 Å². The third-order valence-electron chi connectivity index (χ3n) is 5.81. The first-order valence-corrected chi connectivity index (χ1v) is 10.6. The summed E-state index contributed by atoms with van der Waals surface area (Å²) in [7, 11) is 0. The Balaban J connectivity index is 1.46. The van der Waals surface area contributed by atoms with Gasteiger partial charge in [-0.3, -0.25) is 9.59 Å². The molecule has 0 aromatic heterocycles. The number of aliphatic hydroxyl groups is 1. The maximum Gasteiger partial charge on any atom is 0.223 e. The SMILES string of the molecule is C[C@H](NC(=O)C[C@@H]1CC[C@@H](NC(=O)C2CCOCC2)[C@@H](CO)O1)c1ccccc1. The number of nitrogens with one attached hydrogen (secondary N) is 2. The second kappa shape index (κ2) is 10.7. The molecule has 0 unspecified atom stereocenters. The fraction of sp³-hybridized carbons (Fsp3) is 0.636. The highest BCUT2D eigenvalue weighted by Crippen LogP contribution is 2.24. The number of hydrogen-bond donors (Lipinski definition) is 3. The van der Waals surface area contributed by atoms with Crippen molar-refractivity contribution in [3.63, 3.8) is 0 Å². The van der Waals surface area contributed by atoms with Crippen molar-refractivity contribution in [3.05, 3.63) is 35.9 Å². The third kappa shape index (κ3) is 6.26. The predicted octanol–water partition coefficient (Wildman–Crippen LogP) is 1.71. The maximum absolute atomic E-state index is 12.5. The minimum atomic E-state index is -0.489. The molecule has 4 atom stereocenters. The number of ether oxygens (including phenoxy) is 2. The lowest BCUT2D eigenvalue weighted by Crippen LogP contribution is -2.53. The monoisotopic (exact) mass is 404 g/mol. The van der Waals surface area contributed by atoms with Gasteiger partial charge >= 0.3 is 0 Å². The molecule has 2 aliphatic heterocycles. The van der Waals surface area contributed by atoms with Crippen molar-refractivity contribution >= 4 is 11.8 Å². The van der Waals surface area contributed by atoms with Gasteiger partial charge in [-0.05, 0) is 38.2 Å². The van der Waals surface area contributed by atoms with E-state index in [0.717, 1.165) is 18.4 Å². The molecule has 0 radical (unpaired) electrons. The van der Waals surface area contributed by atoms with Crippen molar-refractivity contribution in [2.75, 3.05) is 19.8 Å². The summed E-state index contributed by atoms with van der Waals surface area (Å²) in [6.45, 7) is 2.99. The van der Waals surface area contributed by atoms with Crippen LogP contribution in [-0.2, 0) is 19.1 Å². The molecule has 2 heterocycles. The normalized spacial score (nSPS) is 26.5. The van der Waals surface area contributed by atoms with Crippen LogP contribution in [0.25, 0.3) is 0 Å². The Morgan fingerprint density at radius 3 is 2.55 bits per heavy atom. The van der Waals surface area contributed by atoms with Crippen LogP contribution in [0, 0.1) is 5.92 Å². The van der Waals surface area contributed by atoms with E-state index in [-0.39, 0.29) is 48.9 Å². The summed E-state index contributed by atoms with van der Waals surface area (Å²) >= 11 is 0. The molecule has 2 aliphatic rings. The minimum absolute atomic E-state index is 0.00762. The van der Waals surface area contributed by atoms with Crippen molar-refractivity contribution in [2.45, 2.75) is 63.3 Å². The number of carbonyl (C=O) groups is 2. The van der Waals surface area contributed by atoms with Crippen molar-refractivity contribution < 1.29 is 24.2 Å². The molecule has 7 nitrogen and oxygen atoms in total. The van der Waals surface area contributed by atoms with E-state index in [0.29, 0.717) is 26.1 Å². The summed E-state index contributed by atoms with van der Waals surface area (Å²) in [5, 5.41) is 15.8. The lowest BCUT2D eigenvalue weighted by Gasteiger charge is -2.37. The van der Waals surface area contributed by atoms with Gasteiger partial charge in [0.05, 0.1) is 31.2 Å². The lowest BCUT2D eigenvalue weighted by molar-refractivity contribution is -0.139. The molecule has 0 spiro atoms. The van der Waals surface area contributed by atoms with E-state index in [9.17, 15) is 14.7 Å². The maximum atomic E-state index is 12.5. The van der Waals surface area contributed by atoms with Gasteiger partial charge < -0.3 is 25.2 Å². The fourth-order valence-electron chi connectivity index (χ4n) is 4.04. The van der Waals surface area contributed by atoms with Crippen molar-refractivity contribution in [3.8, 4) is 0 Å². The van der Waals surface area contributed by atoms with Crippen LogP contribution in [0.3, 0.4) is 0 Å². The average molecular weight is 405 g/mol. The van der Waals surface area contributed by atoms with Gasteiger partial charge in [0.25, 0.3) is 0 Å². The lowest BCUT2D eigenvalue weighted by atomic mass is 9.94. The molecular weight excluding hydrogens is 372 g/mol. The Morgan fingerprint density at radius 1 is 1.14 bits per heavy atom. The molecule has 160 valence electrons. The van der Waals surface area contributed by atoms with E-state index in [2.05, 4.69) is 10.6 Å². The van der Waals surface area contributed by atoms with Crippen molar-refractivity contribution in [1.82, 2.24) is 10.6 Å². The second-order valence-electron chi connectivity index (χ2n) is 7.96. The van der Waals surface area contributed by atoms with Crippen LogP contribution < -0.4 is 10.6 Å². The summed E-state index contributed by atoms with van der Waals surface area (Å²) in [5.41, 5.74) is 1.05. The molecule has 0 bridgehead atoms. The summed E-state index contributed by atoms with van der Waals surface area (Å²) in [6, 6.07) is 9.50. The Hall–Kier alpha value is -1.96.